The number of aromatic nitrogens is 1. The van der Waals surface area contributed by atoms with Gasteiger partial charge >= 0.3 is 0 Å². The van der Waals surface area contributed by atoms with Crippen LogP contribution in [0.1, 0.15) is 15.4 Å². The van der Waals surface area contributed by atoms with Crippen molar-refractivity contribution < 1.29 is 14.2 Å². The third-order valence-corrected chi connectivity index (χ3v) is 3.05. The van der Waals surface area contributed by atoms with Crippen LogP contribution >= 0.6 is 11.3 Å². The van der Waals surface area contributed by atoms with Gasteiger partial charge in [0.2, 0.25) is 0 Å². The van der Waals surface area contributed by atoms with Gasteiger partial charge in [0.05, 0.1) is 16.5 Å². The first kappa shape index (κ1) is 12.0. The fraction of sp³-hybridized carbons (Fsp3) is 0.250. The number of thiazole rings is 1. The van der Waals surface area contributed by atoms with Gasteiger partial charge in [-0.2, -0.15) is 0 Å². The summed E-state index contributed by atoms with van der Waals surface area (Å²) in [4.78, 5) is 5.09. The van der Waals surface area contributed by atoms with Gasteiger partial charge in [-0.15, -0.1) is 11.3 Å². The van der Waals surface area contributed by atoms with E-state index in [4.69, 9.17) is 9.84 Å². The number of rotatable bonds is 4. The molecule has 0 aliphatic carbocycles. The van der Waals surface area contributed by atoms with Crippen molar-refractivity contribution in [2.24, 2.45) is 0 Å². The van der Waals surface area contributed by atoms with Gasteiger partial charge in [0, 0.05) is 12.3 Å². The zero-order valence-electron chi connectivity index (χ0n) is 9.31. The highest BCUT2D eigenvalue weighted by Crippen LogP contribution is 2.19. The van der Waals surface area contributed by atoms with Gasteiger partial charge in [-0.1, -0.05) is 0 Å². The van der Waals surface area contributed by atoms with Crippen LogP contribution in [0, 0.1) is 12.7 Å². The van der Waals surface area contributed by atoms with Crippen LogP contribution in [-0.2, 0) is 13.2 Å². The quantitative estimate of drug-likeness (QED) is 0.910. The lowest BCUT2D eigenvalue weighted by molar-refractivity contribution is 0.277. The molecule has 0 atom stereocenters. The third kappa shape index (κ3) is 3.25. The predicted molar refractivity (Wildman–Crippen MR) is 63.5 cm³/mol. The number of nitrogens with zero attached hydrogens (tertiary/aromatic N) is 1. The number of aliphatic hydroxyl groups excluding tert-OH is 1. The highest BCUT2D eigenvalue weighted by atomic mass is 32.1. The van der Waals surface area contributed by atoms with Crippen molar-refractivity contribution in [2.45, 2.75) is 20.1 Å². The van der Waals surface area contributed by atoms with E-state index in [0.29, 0.717) is 17.9 Å². The molecular formula is C12H12FNO2S. The fourth-order valence-electron chi connectivity index (χ4n) is 1.42. The Balaban J connectivity index is 2.05. The molecule has 1 heterocycles. The standard InChI is InChI=1S/C12H12FNO2S/c1-8-14-5-12(17-8)7-16-11-3-9(6-15)2-10(13)4-11/h2-5,15H,6-7H2,1H3. The van der Waals surface area contributed by atoms with E-state index in [1.807, 2.05) is 6.92 Å². The maximum atomic E-state index is 13.1. The van der Waals surface area contributed by atoms with Crippen LogP contribution in [-0.4, -0.2) is 10.1 Å². The molecule has 1 aromatic carbocycles. The second kappa shape index (κ2) is 5.25. The normalized spacial score (nSPS) is 10.5. The molecule has 17 heavy (non-hydrogen) atoms. The van der Waals surface area contributed by atoms with Crippen LogP contribution in [0.5, 0.6) is 5.75 Å². The number of ether oxygens (including phenoxy) is 1. The molecule has 0 saturated heterocycles. The molecule has 0 aliphatic rings. The molecular weight excluding hydrogens is 241 g/mol. The van der Waals surface area contributed by atoms with Gasteiger partial charge in [0.25, 0.3) is 0 Å². The van der Waals surface area contributed by atoms with Crippen LogP contribution in [0.3, 0.4) is 0 Å². The first-order valence-corrected chi connectivity index (χ1v) is 5.93. The lowest BCUT2D eigenvalue weighted by atomic mass is 10.2. The predicted octanol–water partition coefficient (Wildman–Crippen LogP) is 2.66. The van der Waals surface area contributed by atoms with E-state index < -0.39 is 5.82 Å². The van der Waals surface area contributed by atoms with E-state index >= 15 is 0 Å². The number of aryl methyl sites for hydroxylation is 1. The van der Waals surface area contributed by atoms with E-state index in [9.17, 15) is 4.39 Å². The van der Waals surface area contributed by atoms with E-state index in [1.165, 1.54) is 12.1 Å². The average Bonchev–Trinajstić information content (AvgIpc) is 2.72. The summed E-state index contributed by atoms with van der Waals surface area (Å²) in [5.74, 6) is 0.00661. The van der Waals surface area contributed by atoms with Crippen molar-refractivity contribution in [3.8, 4) is 5.75 Å². The smallest absolute Gasteiger partial charge is 0.127 e. The highest BCUT2D eigenvalue weighted by molar-refractivity contribution is 7.11. The lowest BCUT2D eigenvalue weighted by Crippen LogP contribution is -1.95. The van der Waals surface area contributed by atoms with E-state index in [0.717, 1.165) is 9.88 Å². The van der Waals surface area contributed by atoms with Gasteiger partial charge in [-0.05, 0) is 24.6 Å². The maximum Gasteiger partial charge on any atom is 0.127 e. The molecule has 0 aliphatic heterocycles. The number of hydrogen-bond donors (Lipinski definition) is 1. The summed E-state index contributed by atoms with van der Waals surface area (Å²) in [6.07, 6.45) is 1.74. The minimum Gasteiger partial charge on any atom is -0.488 e. The molecule has 0 unspecified atom stereocenters. The molecule has 0 amide bonds. The Labute approximate surface area is 103 Å². The Morgan fingerprint density at radius 1 is 1.41 bits per heavy atom. The minimum absolute atomic E-state index is 0.201. The highest BCUT2D eigenvalue weighted by Gasteiger charge is 2.03. The number of benzene rings is 1. The molecule has 1 N–H and O–H groups in total. The third-order valence-electron chi connectivity index (χ3n) is 2.16. The van der Waals surface area contributed by atoms with Crippen LogP contribution in [0.2, 0.25) is 0 Å². The number of halogens is 1. The largest absolute Gasteiger partial charge is 0.488 e. The molecule has 0 radical (unpaired) electrons. The fourth-order valence-corrected chi connectivity index (χ4v) is 2.13. The van der Waals surface area contributed by atoms with Gasteiger partial charge in [-0.25, -0.2) is 9.37 Å². The Morgan fingerprint density at radius 3 is 2.88 bits per heavy atom. The van der Waals surface area contributed by atoms with Crippen molar-refractivity contribution in [2.75, 3.05) is 0 Å². The molecule has 2 aromatic rings. The van der Waals surface area contributed by atoms with Crippen LogP contribution < -0.4 is 4.74 Å². The lowest BCUT2D eigenvalue weighted by Gasteiger charge is -2.06. The molecule has 90 valence electrons. The van der Waals surface area contributed by atoms with Crippen LogP contribution in [0.25, 0.3) is 0 Å². The number of aliphatic hydroxyl groups is 1. The first-order chi connectivity index (χ1) is 8.17. The molecule has 0 spiro atoms. The topological polar surface area (TPSA) is 42.4 Å². The molecule has 1 aromatic heterocycles. The van der Waals surface area contributed by atoms with E-state index in [1.54, 1.807) is 23.6 Å². The minimum atomic E-state index is -0.410. The summed E-state index contributed by atoms with van der Waals surface area (Å²) < 4.78 is 18.6. The molecule has 0 bridgehead atoms. The first-order valence-electron chi connectivity index (χ1n) is 5.12. The van der Waals surface area contributed by atoms with Gasteiger partial charge in [0.1, 0.15) is 18.2 Å². The zero-order valence-corrected chi connectivity index (χ0v) is 10.1. The summed E-state index contributed by atoms with van der Waals surface area (Å²) in [6.45, 7) is 2.08. The van der Waals surface area contributed by atoms with Gasteiger partial charge < -0.3 is 9.84 Å². The van der Waals surface area contributed by atoms with E-state index in [-0.39, 0.29) is 6.61 Å². The summed E-state index contributed by atoms with van der Waals surface area (Å²) in [5.41, 5.74) is 0.500. The summed E-state index contributed by atoms with van der Waals surface area (Å²) >= 11 is 1.54. The summed E-state index contributed by atoms with van der Waals surface area (Å²) in [6, 6.07) is 4.20. The monoisotopic (exact) mass is 253 g/mol. The maximum absolute atomic E-state index is 13.1. The second-order valence-electron chi connectivity index (χ2n) is 3.59. The van der Waals surface area contributed by atoms with Crippen molar-refractivity contribution >= 4 is 11.3 Å². The Hall–Kier alpha value is -1.46. The summed E-state index contributed by atoms with van der Waals surface area (Å²) in [5, 5.41) is 9.92. The SMILES string of the molecule is Cc1ncc(COc2cc(F)cc(CO)c2)s1. The van der Waals surface area contributed by atoms with Crippen molar-refractivity contribution in [3.63, 3.8) is 0 Å². The number of hydrogen-bond acceptors (Lipinski definition) is 4. The molecule has 0 fully saturated rings. The molecule has 2 rings (SSSR count). The van der Waals surface area contributed by atoms with Crippen molar-refractivity contribution in [1.29, 1.82) is 0 Å². The van der Waals surface area contributed by atoms with Crippen LogP contribution in [0.4, 0.5) is 4.39 Å². The zero-order chi connectivity index (χ0) is 12.3. The molecule has 0 saturated carbocycles. The van der Waals surface area contributed by atoms with Crippen LogP contribution in [0.15, 0.2) is 24.4 Å². The van der Waals surface area contributed by atoms with Crippen molar-refractivity contribution in [1.82, 2.24) is 4.98 Å². The van der Waals surface area contributed by atoms with Crippen molar-refractivity contribution in [3.05, 3.63) is 45.7 Å². The second-order valence-corrected chi connectivity index (χ2v) is 4.91. The Bertz CT molecular complexity index is 513. The van der Waals surface area contributed by atoms with Gasteiger partial charge in [0.15, 0.2) is 0 Å². The van der Waals surface area contributed by atoms with E-state index in [2.05, 4.69) is 4.98 Å². The molecule has 5 heteroatoms. The summed E-state index contributed by atoms with van der Waals surface area (Å²) in [7, 11) is 0. The molecule has 3 nitrogen and oxygen atoms in total. The average molecular weight is 253 g/mol. The Morgan fingerprint density at radius 2 is 2.24 bits per heavy atom. The van der Waals surface area contributed by atoms with Gasteiger partial charge in [-0.3, -0.25) is 0 Å². The Kier molecular flexibility index (Phi) is 3.71.